The Balaban J connectivity index is 2.13. The van der Waals surface area contributed by atoms with Gasteiger partial charge in [-0.1, -0.05) is 58.0 Å². The number of nitro groups is 1. The standard InChI is InChI=1S/C22H24N2O2/c1-16(13-17-5-9-20(10-6-17)22(2,3)4)14-19(15-23)18-7-11-21(12-8-18)24(25)26/h5-12,14,16H,13H2,1-4H3/b19-14+. The molecule has 26 heavy (non-hydrogen) atoms. The van der Waals surface area contributed by atoms with E-state index in [-0.39, 0.29) is 17.0 Å². The lowest BCUT2D eigenvalue weighted by molar-refractivity contribution is -0.384. The first kappa shape index (κ1) is 19.4. The third-order valence-electron chi connectivity index (χ3n) is 4.34. The molecule has 0 aliphatic rings. The molecule has 0 aliphatic carbocycles. The van der Waals surface area contributed by atoms with Gasteiger partial charge in [0.15, 0.2) is 0 Å². The van der Waals surface area contributed by atoms with Gasteiger partial charge in [-0.3, -0.25) is 10.1 Å². The molecule has 1 unspecified atom stereocenters. The van der Waals surface area contributed by atoms with E-state index in [1.807, 2.05) is 6.08 Å². The minimum absolute atomic E-state index is 0.0260. The molecule has 134 valence electrons. The quantitative estimate of drug-likeness (QED) is 0.397. The van der Waals surface area contributed by atoms with Gasteiger partial charge in [-0.2, -0.15) is 5.26 Å². The second-order valence-corrected chi connectivity index (χ2v) is 7.62. The molecule has 0 bridgehead atoms. The normalized spacial score (nSPS) is 13.1. The summed E-state index contributed by atoms with van der Waals surface area (Å²) in [4.78, 5) is 10.3. The van der Waals surface area contributed by atoms with Crippen molar-refractivity contribution >= 4 is 11.3 Å². The maximum atomic E-state index is 10.7. The van der Waals surface area contributed by atoms with Gasteiger partial charge in [0, 0.05) is 12.1 Å². The van der Waals surface area contributed by atoms with Crippen LogP contribution < -0.4 is 0 Å². The fraction of sp³-hybridized carbons (Fsp3) is 0.318. The molecule has 2 rings (SSSR count). The highest BCUT2D eigenvalue weighted by Crippen LogP contribution is 2.24. The highest BCUT2D eigenvalue weighted by atomic mass is 16.6. The van der Waals surface area contributed by atoms with Crippen molar-refractivity contribution in [3.05, 3.63) is 81.4 Å². The maximum absolute atomic E-state index is 10.7. The number of hydrogen-bond donors (Lipinski definition) is 0. The van der Waals surface area contributed by atoms with Crippen LogP contribution in [0.15, 0.2) is 54.6 Å². The highest BCUT2D eigenvalue weighted by molar-refractivity contribution is 5.77. The molecule has 0 aromatic heterocycles. The van der Waals surface area contributed by atoms with E-state index >= 15 is 0 Å². The largest absolute Gasteiger partial charge is 0.269 e. The van der Waals surface area contributed by atoms with Gasteiger partial charge in [0.1, 0.15) is 0 Å². The number of non-ortho nitro benzene ring substituents is 1. The fourth-order valence-corrected chi connectivity index (χ4v) is 2.82. The van der Waals surface area contributed by atoms with Gasteiger partial charge in [-0.25, -0.2) is 0 Å². The van der Waals surface area contributed by atoms with Crippen molar-refractivity contribution in [3.8, 4) is 6.07 Å². The summed E-state index contributed by atoms with van der Waals surface area (Å²) in [5.41, 5.74) is 3.93. The molecule has 0 radical (unpaired) electrons. The number of nitrogens with zero attached hydrogens (tertiary/aromatic N) is 2. The van der Waals surface area contributed by atoms with Crippen molar-refractivity contribution in [2.45, 2.75) is 39.5 Å². The summed E-state index contributed by atoms with van der Waals surface area (Å²) in [7, 11) is 0. The second kappa shape index (κ2) is 7.97. The van der Waals surface area contributed by atoms with Crippen LogP contribution in [-0.4, -0.2) is 4.92 Å². The van der Waals surface area contributed by atoms with Crippen LogP contribution in [0.25, 0.3) is 5.57 Å². The number of benzene rings is 2. The van der Waals surface area contributed by atoms with Crippen LogP contribution in [0.4, 0.5) is 5.69 Å². The predicted octanol–water partition coefficient (Wildman–Crippen LogP) is 5.68. The van der Waals surface area contributed by atoms with Crippen molar-refractivity contribution in [1.29, 1.82) is 5.26 Å². The first-order valence-electron chi connectivity index (χ1n) is 8.67. The molecular weight excluding hydrogens is 324 g/mol. The average Bonchev–Trinajstić information content (AvgIpc) is 2.59. The third-order valence-corrected chi connectivity index (χ3v) is 4.34. The molecule has 0 aliphatic heterocycles. The lowest BCUT2D eigenvalue weighted by Gasteiger charge is -2.19. The highest BCUT2D eigenvalue weighted by Gasteiger charge is 2.13. The van der Waals surface area contributed by atoms with Crippen molar-refractivity contribution in [2.75, 3.05) is 0 Å². The number of allylic oxidation sites excluding steroid dienone is 2. The minimum Gasteiger partial charge on any atom is -0.258 e. The summed E-state index contributed by atoms with van der Waals surface area (Å²) in [5.74, 6) is 0.181. The van der Waals surface area contributed by atoms with Crippen molar-refractivity contribution < 1.29 is 4.92 Å². The molecule has 0 fully saturated rings. The molecule has 2 aromatic rings. The van der Waals surface area contributed by atoms with Crippen LogP contribution >= 0.6 is 0 Å². The van der Waals surface area contributed by atoms with Crippen LogP contribution in [0.2, 0.25) is 0 Å². The van der Waals surface area contributed by atoms with E-state index in [4.69, 9.17) is 0 Å². The van der Waals surface area contributed by atoms with E-state index in [2.05, 4.69) is 58.0 Å². The van der Waals surface area contributed by atoms with Gasteiger partial charge in [0.2, 0.25) is 0 Å². The van der Waals surface area contributed by atoms with Crippen molar-refractivity contribution in [1.82, 2.24) is 0 Å². The van der Waals surface area contributed by atoms with Gasteiger partial charge in [-0.15, -0.1) is 0 Å². The zero-order valence-electron chi connectivity index (χ0n) is 15.7. The molecule has 0 amide bonds. The van der Waals surface area contributed by atoms with E-state index < -0.39 is 4.92 Å². The molecule has 4 heteroatoms. The lowest BCUT2D eigenvalue weighted by Crippen LogP contribution is -2.10. The zero-order valence-corrected chi connectivity index (χ0v) is 15.7. The van der Waals surface area contributed by atoms with Crippen molar-refractivity contribution in [3.63, 3.8) is 0 Å². The first-order valence-corrected chi connectivity index (χ1v) is 8.67. The Morgan fingerprint density at radius 1 is 1.15 bits per heavy atom. The Morgan fingerprint density at radius 2 is 1.73 bits per heavy atom. The smallest absolute Gasteiger partial charge is 0.258 e. The molecule has 0 N–H and O–H groups in total. The maximum Gasteiger partial charge on any atom is 0.269 e. The van der Waals surface area contributed by atoms with E-state index in [0.717, 1.165) is 6.42 Å². The number of hydrogen-bond acceptors (Lipinski definition) is 3. The Kier molecular flexibility index (Phi) is 5.94. The molecule has 0 saturated carbocycles. The molecular formula is C22H24N2O2. The van der Waals surface area contributed by atoms with Crippen LogP contribution in [0, 0.1) is 27.4 Å². The summed E-state index contributed by atoms with van der Waals surface area (Å²) in [6, 6.07) is 16.9. The van der Waals surface area contributed by atoms with Gasteiger partial charge >= 0.3 is 0 Å². The summed E-state index contributed by atoms with van der Waals surface area (Å²) in [6.07, 6.45) is 2.77. The van der Waals surface area contributed by atoms with Gasteiger partial charge in [0.25, 0.3) is 5.69 Å². The first-order chi connectivity index (χ1) is 12.2. The van der Waals surface area contributed by atoms with E-state index in [9.17, 15) is 15.4 Å². The minimum atomic E-state index is -0.441. The average molecular weight is 348 g/mol. The zero-order chi connectivity index (χ0) is 19.3. The Morgan fingerprint density at radius 3 is 2.19 bits per heavy atom. The van der Waals surface area contributed by atoms with Gasteiger partial charge < -0.3 is 0 Å². The number of nitro benzene ring substituents is 1. The molecule has 2 aromatic carbocycles. The topological polar surface area (TPSA) is 66.9 Å². The number of nitriles is 1. The van der Waals surface area contributed by atoms with Crippen LogP contribution in [0.3, 0.4) is 0 Å². The molecule has 0 spiro atoms. The third kappa shape index (κ3) is 5.03. The summed E-state index contributed by atoms with van der Waals surface area (Å²) >= 11 is 0. The molecule has 0 heterocycles. The molecule has 1 atom stereocenters. The molecule has 0 saturated heterocycles. The fourth-order valence-electron chi connectivity index (χ4n) is 2.82. The van der Waals surface area contributed by atoms with Gasteiger partial charge in [0.05, 0.1) is 16.6 Å². The SMILES string of the molecule is CC(/C=C(\C#N)c1ccc([N+](=O)[O-])cc1)Cc1ccc(C(C)(C)C)cc1. The van der Waals surface area contributed by atoms with E-state index in [1.54, 1.807) is 12.1 Å². The van der Waals surface area contributed by atoms with Gasteiger partial charge in [-0.05, 0) is 46.6 Å². The van der Waals surface area contributed by atoms with Crippen molar-refractivity contribution in [2.24, 2.45) is 5.92 Å². The number of rotatable bonds is 5. The Bertz CT molecular complexity index is 836. The van der Waals surface area contributed by atoms with Crippen LogP contribution in [-0.2, 0) is 11.8 Å². The Hall–Kier alpha value is -2.93. The lowest BCUT2D eigenvalue weighted by atomic mass is 9.86. The molecule has 4 nitrogen and oxygen atoms in total. The monoisotopic (exact) mass is 348 g/mol. The van der Waals surface area contributed by atoms with Crippen LogP contribution in [0.1, 0.15) is 44.4 Å². The van der Waals surface area contributed by atoms with Crippen LogP contribution in [0.5, 0.6) is 0 Å². The predicted molar refractivity (Wildman–Crippen MR) is 105 cm³/mol. The van der Waals surface area contributed by atoms with E-state index in [0.29, 0.717) is 11.1 Å². The van der Waals surface area contributed by atoms with E-state index in [1.165, 1.54) is 23.3 Å². The Labute approximate surface area is 154 Å². The summed E-state index contributed by atoms with van der Waals surface area (Å²) in [5, 5.41) is 20.2. The summed E-state index contributed by atoms with van der Waals surface area (Å²) < 4.78 is 0. The second-order valence-electron chi connectivity index (χ2n) is 7.62. The summed E-state index contributed by atoms with van der Waals surface area (Å²) in [6.45, 7) is 8.64.